The van der Waals surface area contributed by atoms with Crippen molar-refractivity contribution in [3.63, 3.8) is 0 Å². The zero-order chi connectivity index (χ0) is 26.4. The first-order chi connectivity index (χ1) is 16.9. The minimum absolute atomic E-state index is 0.0162. The summed E-state index contributed by atoms with van der Waals surface area (Å²) in [5.41, 5.74) is 1.15. The van der Waals surface area contributed by atoms with E-state index in [1.807, 2.05) is 13.0 Å². The second-order valence-corrected chi connectivity index (χ2v) is 12.9. The van der Waals surface area contributed by atoms with Gasteiger partial charge in [0.1, 0.15) is 6.10 Å². The number of aliphatic hydroxyl groups is 1. The maximum atomic E-state index is 12.3. The number of methoxy groups -OCH3 is 1. The molecular formula is C30H46O6. The minimum atomic E-state index is -0.481. The highest BCUT2D eigenvalue weighted by atomic mass is 16.5. The van der Waals surface area contributed by atoms with E-state index in [0.29, 0.717) is 37.0 Å². The van der Waals surface area contributed by atoms with Crippen LogP contribution in [0.4, 0.5) is 0 Å². The van der Waals surface area contributed by atoms with Crippen LogP contribution >= 0.6 is 0 Å². The van der Waals surface area contributed by atoms with Gasteiger partial charge in [0, 0.05) is 19.3 Å². The fourth-order valence-corrected chi connectivity index (χ4v) is 9.15. The van der Waals surface area contributed by atoms with E-state index in [2.05, 4.69) is 20.8 Å². The smallest absolute Gasteiger partial charge is 0.308 e. The normalized spacial score (nSPS) is 40.1. The fourth-order valence-electron chi connectivity index (χ4n) is 9.15. The molecule has 0 aliphatic heterocycles. The van der Waals surface area contributed by atoms with Crippen LogP contribution in [0.25, 0.3) is 0 Å². The van der Waals surface area contributed by atoms with Gasteiger partial charge in [0.05, 0.1) is 19.1 Å². The highest BCUT2D eigenvalue weighted by Crippen LogP contribution is 2.68. The molecule has 1 N–H and O–H groups in total. The van der Waals surface area contributed by atoms with Gasteiger partial charge in [0.25, 0.3) is 0 Å². The highest BCUT2D eigenvalue weighted by Gasteiger charge is 2.63. The molecule has 1 unspecified atom stereocenters. The zero-order valence-corrected chi connectivity index (χ0v) is 23.0. The van der Waals surface area contributed by atoms with Gasteiger partial charge >= 0.3 is 11.9 Å². The largest absolute Gasteiger partial charge is 0.469 e. The van der Waals surface area contributed by atoms with Gasteiger partial charge in [-0.25, -0.2) is 0 Å². The Morgan fingerprint density at radius 3 is 2.53 bits per heavy atom. The summed E-state index contributed by atoms with van der Waals surface area (Å²) in [5, 5.41) is 11.2. The number of aliphatic hydroxyl groups excluding tert-OH is 1. The average molecular weight is 503 g/mol. The Bertz CT molecular complexity index is 909. The predicted molar refractivity (Wildman–Crippen MR) is 137 cm³/mol. The van der Waals surface area contributed by atoms with Crippen LogP contribution in [0.15, 0.2) is 11.6 Å². The molecule has 6 heteroatoms. The number of ketones is 1. The van der Waals surface area contributed by atoms with Gasteiger partial charge in [0.2, 0.25) is 0 Å². The summed E-state index contributed by atoms with van der Waals surface area (Å²) in [5.74, 6) is 1.21. The van der Waals surface area contributed by atoms with Crippen molar-refractivity contribution in [1.82, 2.24) is 0 Å². The van der Waals surface area contributed by atoms with E-state index in [4.69, 9.17) is 9.47 Å². The van der Waals surface area contributed by atoms with Crippen LogP contribution in [0.5, 0.6) is 0 Å². The molecule has 0 spiro atoms. The number of allylic oxidation sites excluding steroid dienone is 1. The van der Waals surface area contributed by atoms with Crippen LogP contribution in [0.2, 0.25) is 0 Å². The summed E-state index contributed by atoms with van der Waals surface area (Å²) in [6.45, 7) is 10.2. The summed E-state index contributed by atoms with van der Waals surface area (Å²) in [6.07, 6.45) is 8.87. The molecule has 6 nitrogen and oxygen atoms in total. The Balaban J connectivity index is 1.58. The first-order valence-corrected chi connectivity index (χ1v) is 14.1. The Morgan fingerprint density at radius 2 is 1.86 bits per heavy atom. The molecule has 0 heterocycles. The van der Waals surface area contributed by atoms with Gasteiger partial charge in [-0.2, -0.15) is 0 Å². The lowest BCUT2D eigenvalue weighted by Gasteiger charge is -2.60. The van der Waals surface area contributed by atoms with Crippen molar-refractivity contribution in [2.45, 2.75) is 105 Å². The number of carbonyl (C=O) groups is 3. The van der Waals surface area contributed by atoms with Crippen molar-refractivity contribution in [3.8, 4) is 0 Å². The molecule has 4 rings (SSSR count). The van der Waals surface area contributed by atoms with Gasteiger partial charge < -0.3 is 14.6 Å². The first-order valence-electron chi connectivity index (χ1n) is 14.1. The number of ether oxygens (including phenoxy) is 2. The maximum absolute atomic E-state index is 12.3. The Labute approximate surface area is 216 Å². The quantitative estimate of drug-likeness (QED) is 0.478. The zero-order valence-electron chi connectivity index (χ0n) is 23.0. The van der Waals surface area contributed by atoms with Crippen molar-refractivity contribution in [2.75, 3.05) is 7.11 Å². The van der Waals surface area contributed by atoms with E-state index in [9.17, 15) is 19.5 Å². The van der Waals surface area contributed by atoms with Gasteiger partial charge in [-0.05, 0) is 91.9 Å². The molecule has 0 amide bonds. The van der Waals surface area contributed by atoms with Crippen LogP contribution in [-0.2, 0) is 23.9 Å². The molecule has 3 saturated carbocycles. The fraction of sp³-hybridized carbons (Fsp3) is 0.833. The molecular weight excluding hydrogens is 456 g/mol. The Kier molecular flexibility index (Phi) is 7.77. The molecule has 4 aliphatic carbocycles. The molecule has 3 fully saturated rings. The van der Waals surface area contributed by atoms with Crippen LogP contribution in [0.3, 0.4) is 0 Å². The van der Waals surface area contributed by atoms with Crippen molar-refractivity contribution < 1.29 is 29.0 Å². The summed E-state index contributed by atoms with van der Waals surface area (Å²) in [4.78, 5) is 36.3. The van der Waals surface area contributed by atoms with Gasteiger partial charge in [-0.15, -0.1) is 0 Å². The lowest BCUT2D eigenvalue weighted by atomic mass is 9.45. The van der Waals surface area contributed by atoms with Crippen molar-refractivity contribution in [1.29, 1.82) is 0 Å². The van der Waals surface area contributed by atoms with E-state index in [-0.39, 0.29) is 52.4 Å². The number of carbonyl (C=O) groups excluding carboxylic acids is 3. The van der Waals surface area contributed by atoms with Crippen LogP contribution < -0.4 is 0 Å². The topological polar surface area (TPSA) is 89.9 Å². The number of esters is 2. The second-order valence-electron chi connectivity index (χ2n) is 12.9. The Morgan fingerprint density at radius 1 is 1.14 bits per heavy atom. The summed E-state index contributed by atoms with van der Waals surface area (Å²) >= 11 is 0. The number of hydrogen-bond donors (Lipinski definition) is 1. The van der Waals surface area contributed by atoms with E-state index >= 15 is 0 Å². The molecule has 0 aromatic carbocycles. The van der Waals surface area contributed by atoms with E-state index in [1.54, 1.807) is 0 Å². The van der Waals surface area contributed by atoms with Crippen LogP contribution in [0.1, 0.15) is 92.4 Å². The monoisotopic (exact) mass is 502 g/mol. The third-order valence-corrected chi connectivity index (χ3v) is 11.0. The second kappa shape index (κ2) is 10.2. The minimum Gasteiger partial charge on any atom is -0.469 e. The van der Waals surface area contributed by atoms with Crippen LogP contribution in [0, 0.1) is 46.3 Å². The molecule has 0 bridgehead atoms. The summed E-state index contributed by atoms with van der Waals surface area (Å²) in [6, 6.07) is 0. The number of rotatable bonds is 7. The summed E-state index contributed by atoms with van der Waals surface area (Å²) in [7, 11) is 1.41. The summed E-state index contributed by atoms with van der Waals surface area (Å²) < 4.78 is 11.0. The molecule has 0 saturated heterocycles. The molecule has 0 aromatic heterocycles. The standard InChI is InChI=1S/C30H46O6/c1-17(28(34)35-6)7-12-25(33)18(2)23-10-11-24-22-9-8-20-15-21(32)13-14-29(20,4)27(22)26(36-19(3)31)16-30(23,24)5/h15,17-18,22-27,33H,7-14,16H2,1-6H3/t17-,18-,22-,23+,24-,25?,26+,27+,29-,30+/m0/s1. The molecule has 0 aromatic rings. The lowest BCUT2D eigenvalue weighted by Crippen LogP contribution is -2.58. The highest BCUT2D eigenvalue weighted by molar-refractivity contribution is 5.91. The van der Waals surface area contributed by atoms with Gasteiger partial charge in [-0.3, -0.25) is 14.4 Å². The lowest BCUT2D eigenvalue weighted by molar-refractivity contribution is -0.178. The first kappa shape index (κ1) is 27.3. The van der Waals surface area contributed by atoms with E-state index in [1.165, 1.54) is 19.6 Å². The maximum Gasteiger partial charge on any atom is 0.308 e. The SMILES string of the molecule is COC(=O)[C@@H](C)CCC(O)[C@@H](C)[C@H]1CC[C@H]2[C@@H]3CCC4=CC(=O)CC[C@]4(C)[C@H]3[C@H](OC(C)=O)C[C@]12C. The van der Waals surface area contributed by atoms with Crippen molar-refractivity contribution >= 4 is 17.7 Å². The number of fused-ring (bicyclic) bond motifs is 5. The van der Waals surface area contributed by atoms with Crippen molar-refractivity contribution in [2.24, 2.45) is 46.3 Å². The third kappa shape index (κ3) is 4.68. The van der Waals surface area contributed by atoms with E-state index < -0.39 is 6.10 Å². The third-order valence-electron chi connectivity index (χ3n) is 11.0. The molecule has 10 atom stereocenters. The van der Waals surface area contributed by atoms with Crippen molar-refractivity contribution in [3.05, 3.63) is 11.6 Å². The average Bonchev–Trinajstić information content (AvgIpc) is 3.17. The van der Waals surface area contributed by atoms with E-state index in [0.717, 1.165) is 38.5 Å². The van der Waals surface area contributed by atoms with Crippen LogP contribution in [-0.4, -0.2) is 42.1 Å². The van der Waals surface area contributed by atoms with Gasteiger partial charge in [-0.1, -0.05) is 33.3 Å². The molecule has 202 valence electrons. The number of hydrogen-bond acceptors (Lipinski definition) is 6. The molecule has 4 aliphatic rings. The molecule has 0 radical (unpaired) electrons. The van der Waals surface area contributed by atoms with Gasteiger partial charge in [0.15, 0.2) is 5.78 Å². The molecule has 36 heavy (non-hydrogen) atoms. The Hall–Kier alpha value is -1.69. The predicted octanol–water partition coefficient (Wildman–Crippen LogP) is 5.26.